The number of aromatic nitrogens is 1. The normalized spacial score (nSPS) is 16.1. The van der Waals surface area contributed by atoms with Crippen molar-refractivity contribution in [1.29, 1.82) is 0 Å². The molecule has 6 heteroatoms. The molecule has 126 valence electrons. The lowest BCUT2D eigenvalue weighted by Crippen LogP contribution is -2.35. The van der Waals surface area contributed by atoms with Gasteiger partial charge in [0.25, 0.3) is 5.91 Å². The second-order valence-electron chi connectivity index (χ2n) is 6.08. The van der Waals surface area contributed by atoms with E-state index >= 15 is 0 Å². The Morgan fingerprint density at radius 1 is 1.24 bits per heavy atom. The minimum absolute atomic E-state index is 0.0442. The molecule has 4 rings (SSSR count). The van der Waals surface area contributed by atoms with E-state index in [9.17, 15) is 9.18 Å². The van der Waals surface area contributed by atoms with Gasteiger partial charge in [-0.15, -0.1) is 0 Å². The molecule has 0 spiro atoms. The lowest BCUT2D eigenvalue weighted by molar-refractivity contribution is 0.0973. The average molecular weight is 401 g/mol. The van der Waals surface area contributed by atoms with Gasteiger partial charge >= 0.3 is 0 Å². The molecule has 1 aliphatic rings. The average Bonchev–Trinajstić information content (AvgIpc) is 3.19. The fourth-order valence-electron chi connectivity index (χ4n) is 3.16. The summed E-state index contributed by atoms with van der Waals surface area (Å²) in [4.78, 5) is 14.7. The second-order valence-corrected chi connectivity index (χ2v) is 7.00. The SMILES string of the molecule is C[C@H]1Cc2cc(Br)ccc2N1C(=O)c1cc(-c2ccc(F)cc2)on1. The number of carbonyl (C=O) groups excluding carboxylic acids is 1. The lowest BCUT2D eigenvalue weighted by Gasteiger charge is -2.21. The minimum atomic E-state index is -0.326. The Hall–Kier alpha value is -2.47. The molecule has 1 amide bonds. The topological polar surface area (TPSA) is 46.3 Å². The first-order chi connectivity index (χ1) is 12.0. The number of halogens is 2. The van der Waals surface area contributed by atoms with Crippen LogP contribution in [0.15, 0.2) is 57.5 Å². The molecule has 0 unspecified atom stereocenters. The Kier molecular flexibility index (Phi) is 3.92. The predicted octanol–water partition coefficient (Wildman–Crippen LogP) is 4.83. The van der Waals surface area contributed by atoms with Crippen LogP contribution in [0.25, 0.3) is 11.3 Å². The number of carbonyl (C=O) groups is 1. The number of benzene rings is 2. The van der Waals surface area contributed by atoms with Crippen LogP contribution < -0.4 is 4.90 Å². The van der Waals surface area contributed by atoms with E-state index in [1.807, 2.05) is 25.1 Å². The third-order valence-electron chi connectivity index (χ3n) is 4.33. The Bertz CT molecular complexity index is 952. The van der Waals surface area contributed by atoms with Crippen LogP contribution >= 0.6 is 15.9 Å². The minimum Gasteiger partial charge on any atom is -0.355 e. The highest BCUT2D eigenvalue weighted by atomic mass is 79.9. The van der Waals surface area contributed by atoms with E-state index in [1.54, 1.807) is 23.1 Å². The summed E-state index contributed by atoms with van der Waals surface area (Å²) in [7, 11) is 0. The van der Waals surface area contributed by atoms with Crippen LogP contribution in [0.3, 0.4) is 0 Å². The molecule has 0 saturated heterocycles. The molecular weight excluding hydrogens is 387 g/mol. The first-order valence-electron chi connectivity index (χ1n) is 7.87. The quantitative estimate of drug-likeness (QED) is 0.618. The first-order valence-corrected chi connectivity index (χ1v) is 8.67. The van der Waals surface area contributed by atoms with Crippen molar-refractivity contribution in [2.45, 2.75) is 19.4 Å². The van der Waals surface area contributed by atoms with Crippen molar-refractivity contribution in [2.24, 2.45) is 0 Å². The molecule has 4 nitrogen and oxygen atoms in total. The van der Waals surface area contributed by atoms with Gasteiger partial charge in [-0.25, -0.2) is 4.39 Å². The van der Waals surface area contributed by atoms with Crippen molar-refractivity contribution in [3.05, 3.63) is 70.1 Å². The van der Waals surface area contributed by atoms with Crippen LogP contribution in [-0.4, -0.2) is 17.1 Å². The zero-order chi connectivity index (χ0) is 17.6. The molecule has 2 heterocycles. The maximum absolute atomic E-state index is 13.0. The van der Waals surface area contributed by atoms with Gasteiger partial charge in [0.1, 0.15) is 5.82 Å². The number of rotatable bonds is 2. The first kappa shape index (κ1) is 16.0. The van der Waals surface area contributed by atoms with Crippen LogP contribution in [0.5, 0.6) is 0 Å². The van der Waals surface area contributed by atoms with Gasteiger partial charge < -0.3 is 9.42 Å². The summed E-state index contributed by atoms with van der Waals surface area (Å²) in [5.74, 6) is -0.0925. The standard InChI is InChI=1S/C19H14BrFN2O2/c1-11-8-13-9-14(20)4-7-17(13)23(11)19(24)16-10-18(25-22-16)12-2-5-15(21)6-3-12/h2-7,9-11H,8H2,1H3/t11-/m0/s1. The van der Waals surface area contributed by atoms with Crippen LogP contribution in [0, 0.1) is 5.82 Å². The Morgan fingerprint density at radius 2 is 2.00 bits per heavy atom. The molecule has 1 aliphatic heterocycles. The van der Waals surface area contributed by atoms with Gasteiger partial charge in [0.2, 0.25) is 0 Å². The van der Waals surface area contributed by atoms with E-state index < -0.39 is 0 Å². The summed E-state index contributed by atoms with van der Waals surface area (Å²) in [6, 6.07) is 13.4. The largest absolute Gasteiger partial charge is 0.355 e. The molecule has 1 aromatic heterocycles. The molecule has 0 saturated carbocycles. The highest BCUT2D eigenvalue weighted by Gasteiger charge is 2.33. The number of nitrogens with zero attached hydrogens (tertiary/aromatic N) is 2. The third-order valence-corrected chi connectivity index (χ3v) is 4.83. The summed E-state index contributed by atoms with van der Waals surface area (Å²) in [6.45, 7) is 2.01. The van der Waals surface area contributed by atoms with Crippen LogP contribution in [-0.2, 0) is 6.42 Å². The number of fused-ring (bicyclic) bond motifs is 1. The number of hydrogen-bond donors (Lipinski definition) is 0. The van der Waals surface area contributed by atoms with Gasteiger partial charge in [-0.2, -0.15) is 0 Å². The van der Waals surface area contributed by atoms with Gasteiger partial charge in [-0.05, 0) is 61.4 Å². The van der Waals surface area contributed by atoms with Crippen LogP contribution in [0.2, 0.25) is 0 Å². The smallest absolute Gasteiger partial charge is 0.280 e. The van der Waals surface area contributed by atoms with Crippen LogP contribution in [0.1, 0.15) is 23.0 Å². The molecule has 0 bridgehead atoms. The van der Waals surface area contributed by atoms with Crippen molar-refractivity contribution in [1.82, 2.24) is 5.16 Å². The lowest BCUT2D eigenvalue weighted by atomic mass is 10.1. The molecule has 3 aromatic rings. The third kappa shape index (κ3) is 2.87. The number of anilines is 1. The van der Waals surface area contributed by atoms with Crippen LogP contribution in [0.4, 0.5) is 10.1 Å². The second kappa shape index (κ2) is 6.11. The van der Waals surface area contributed by atoms with Crippen molar-refractivity contribution >= 4 is 27.5 Å². The number of hydrogen-bond acceptors (Lipinski definition) is 3. The van der Waals surface area contributed by atoms with Gasteiger partial charge in [-0.3, -0.25) is 4.79 Å². The fourth-order valence-corrected chi connectivity index (χ4v) is 3.57. The molecule has 1 atom stereocenters. The van der Waals surface area contributed by atoms with Gasteiger partial charge in [0, 0.05) is 27.8 Å². The Labute approximate surface area is 152 Å². The van der Waals surface area contributed by atoms with Gasteiger partial charge in [0.05, 0.1) is 0 Å². The highest BCUT2D eigenvalue weighted by Crippen LogP contribution is 2.35. The van der Waals surface area contributed by atoms with E-state index in [2.05, 4.69) is 21.1 Å². The Morgan fingerprint density at radius 3 is 2.76 bits per heavy atom. The molecule has 0 aliphatic carbocycles. The summed E-state index contributed by atoms with van der Waals surface area (Å²) >= 11 is 3.46. The summed E-state index contributed by atoms with van der Waals surface area (Å²) in [6.07, 6.45) is 0.795. The van der Waals surface area contributed by atoms with Gasteiger partial charge in [0.15, 0.2) is 11.5 Å². The highest BCUT2D eigenvalue weighted by molar-refractivity contribution is 9.10. The Balaban J connectivity index is 1.65. The van der Waals surface area contributed by atoms with Crippen molar-refractivity contribution in [3.63, 3.8) is 0 Å². The van der Waals surface area contributed by atoms with E-state index in [0.717, 1.165) is 22.1 Å². The van der Waals surface area contributed by atoms with E-state index in [4.69, 9.17) is 4.52 Å². The fraction of sp³-hybridized carbons (Fsp3) is 0.158. The summed E-state index contributed by atoms with van der Waals surface area (Å²) in [5, 5.41) is 3.92. The summed E-state index contributed by atoms with van der Waals surface area (Å²) in [5.41, 5.74) is 2.93. The molecule has 2 aromatic carbocycles. The zero-order valence-corrected chi connectivity index (χ0v) is 15.0. The monoisotopic (exact) mass is 400 g/mol. The van der Waals surface area contributed by atoms with Crippen molar-refractivity contribution in [2.75, 3.05) is 4.90 Å². The predicted molar refractivity (Wildman–Crippen MR) is 96.0 cm³/mol. The zero-order valence-electron chi connectivity index (χ0n) is 13.4. The molecular formula is C19H14BrFN2O2. The maximum Gasteiger partial charge on any atom is 0.280 e. The van der Waals surface area contributed by atoms with E-state index in [0.29, 0.717) is 11.3 Å². The maximum atomic E-state index is 13.0. The molecule has 0 N–H and O–H groups in total. The molecule has 0 radical (unpaired) electrons. The van der Waals surface area contributed by atoms with Crippen molar-refractivity contribution < 1.29 is 13.7 Å². The van der Waals surface area contributed by atoms with Gasteiger partial charge in [-0.1, -0.05) is 21.1 Å². The summed E-state index contributed by atoms with van der Waals surface area (Å²) < 4.78 is 19.3. The molecule has 0 fully saturated rings. The number of amides is 1. The van der Waals surface area contributed by atoms with Crippen molar-refractivity contribution in [3.8, 4) is 11.3 Å². The van der Waals surface area contributed by atoms with E-state index in [1.165, 1.54) is 12.1 Å². The molecule has 25 heavy (non-hydrogen) atoms. The van der Waals surface area contributed by atoms with E-state index in [-0.39, 0.29) is 23.5 Å².